The summed E-state index contributed by atoms with van der Waals surface area (Å²) in [6.45, 7) is 5.27. The molecule has 3 rings (SSSR count). The van der Waals surface area contributed by atoms with Crippen LogP contribution in [0.25, 0.3) is 0 Å². The van der Waals surface area contributed by atoms with E-state index in [2.05, 4.69) is 23.6 Å². The van der Waals surface area contributed by atoms with E-state index >= 15 is 0 Å². The van der Waals surface area contributed by atoms with Gasteiger partial charge in [0.15, 0.2) is 0 Å². The molecule has 2 atom stereocenters. The fourth-order valence-electron chi connectivity index (χ4n) is 4.48. The lowest BCUT2D eigenvalue weighted by Crippen LogP contribution is -2.52. The number of fused-ring (bicyclic) bond motifs is 1. The van der Waals surface area contributed by atoms with Gasteiger partial charge < -0.3 is 10.6 Å². The van der Waals surface area contributed by atoms with Crippen molar-refractivity contribution < 1.29 is 18.0 Å². The Morgan fingerprint density at radius 3 is 2.44 bits per heavy atom. The highest BCUT2D eigenvalue weighted by molar-refractivity contribution is 5.76. The Balaban J connectivity index is 1.89. The van der Waals surface area contributed by atoms with Crippen molar-refractivity contribution in [1.29, 1.82) is 0 Å². The highest BCUT2D eigenvalue weighted by atomic mass is 19.4. The second-order valence-electron chi connectivity index (χ2n) is 7.64. The van der Waals surface area contributed by atoms with E-state index in [-0.39, 0.29) is 30.1 Å². The van der Waals surface area contributed by atoms with Gasteiger partial charge in [0.25, 0.3) is 0 Å². The molecule has 1 aromatic rings. The first-order valence-electron chi connectivity index (χ1n) is 8.58. The number of halogens is 3. The molecule has 2 heterocycles. The summed E-state index contributed by atoms with van der Waals surface area (Å²) in [5.41, 5.74) is 5.34. The van der Waals surface area contributed by atoms with Gasteiger partial charge in [-0.1, -0.05) is 0 Å². The maximum atomic E-state index is 12.8. The minimum Gasteiger partial charge on any atom is -0.369 e. The Kier molecular flexibility index (Phi) is 4.47. The van der Waals surface area contributed by atoms with Gasteiger partial charge in [-0.3, -0.25) is 9.69 Å². The Hall–Kier alpha value is -1.76. The summed E-state index contributed by atoms with van der Waals surface area (Å²) in [5.74, 6) is -0.341. The minimum atomic E-state index is -4.33. The van der Waals surface area contributed by atoms with Crippen molar-refractivity contribution >= 4 is 11.6 Å². The zero-order chi connectivity index (χ0) is 18.4. The molecule has 4 nitrogen and oxygen atoms in total. The number of primary amides is 1. The molecule has 0 saturated carbocycles. The van der Waals surface area contributed by atoms with Crippen LogP contribution in [0.1, 0.15) is 38.7 Å². The largest absolute Gasteiger partial charge is 0.416 e. The number of anilines is 1. The van der Waals surface area contributed by atoms with E-state index in [1.165, 1.54) is 0 Å². The summed E-state index contributed by atoms with van der Waals surface area (Å²) in [6.07, 6.45) is -1.57. The molecule has 7 heteroatoms. The molecule has 0 bridgehead atoms. The Bertz CT molecular complexity index is 642. The molecule has 0 aliphatic carbocycles. The number of piperidine rings is 1. The first kappa shape index (κ1) is 18.0. The molecule has 0 aromatic heterocycles. The second-order valence-corrected chi connectivity index (χ2v) is 7.64. The molecule has 2 aliphatic rings. The molecule has 0 radical (unpaired) electrons. The van der Waals surface area contributed by atoms with Crippen LogP contribution in [0.3, 0.4) is 0 Å². The summed E-state index contributed by atoms with van der Waals surface area (Å²) < 4.78 is 38.5. The number of hydrogen-bond acceptors (Lipinski definition) is 3. The van der Waals surface area contributed by atoms with Crippen molar-refractivity contribution in [3.05, 3.63) is 29.8 Å². The molecule has 138 valence electrons. The molecular weight excluding hydrogens is 331 g/mol. The normalized spacial score (nSPS) is 26.5. The Morgan fingerprint density at radius 2 is 1.88 bits per heavy atom. The van der Waals surface area contributed by atoms with Gasteiger partial charge in [0.2, 0.25) is 5.91 Å². The van der Waals surface area contributed by atoms with Crippen LogP contribution >= 0.6 is 0 Å². The van der Waals surface area contributed by atoms with Crippen LogP contribution < -0.4 is 10.6 Å². The smallest absolute Gasteiger partial charge is 0.369 e. The van der Waals surface area contributed by atoms with Crippen LogP contribution in [-0.2, 0) is 11.0 Å². The number of benzene rings is 1. The van der Waals surface area contributed by atoms with Crippen LogP contribution in [0.2, 0.25) is 0 Å². The number of likely N-dealkylation sites (tertiary alicyclic amines) is 1. The van der Waals surface area contributed by atoms with Gasteiger partial charge in [-0.05, 0) is 63.9 Å². The number of rotatable bonds is 3. The quantitative estimate of drug-likeness (QED) is 0.907. The lowest BCUT2D eigenvalue weighted by molar-refractivity contribution is -0.137. The molecule has 25 heavy (non-hydrogen) atoms. The van der Waals surface area contributed by atoms with Gasteiger partial charge >= 0.3 is 6.18 Å². The molecule has 0 spiro atoms. The maximum Gasteiger partial charge on any atom is 0.416 e. The lowest BCUT2D eigenvalue weighted by atomic mass is 9.94. The third-order valence-corrected chi connectivity index (χ3v) is 5.38. The SMILES string of the molecule is CC1(C)C[C@H]2[C@H](CCCN2CC(N)=O)N1c1ccc(C(F)(F)F)cc1. The number of carbonyl (C=O) groups excluding carboxylic acids is 1. The summed E-state index contributed by atoms with van der Waals surface area (Å²) in [5, 5.41) is 0. The molecule has 0 unspecified atom stereocenters. The molecule has 2 N–H and O–H groups in total. The predicted octanol–water partition coefficient (Wildman–Crippen LogP) is 3.01. The number of alkyl halides is 3. The number of carbonyl (C=O) groups is 1. The van der Waals surface area contributed by atoms with Gasteiger partial charge in [-0.15, -0.1) is 0 Å². The first-order valence-corrected chi connectivity index (χ1v) is 8.58. The summed E-state index contributed by atoms with van der Waals surface area (Å²) in [7, 11) is 0. The minimum absolute atomic E-state index is 0.180. The van der Waals surface area contributed by atoms with Crippen LogP contribution in [0.5, 0.6) is 0 Å². The van der Waals surface area contributed by atoms with Crippen LogP contribution in [-0.4, -0.2) is 41.5 Å². The highest BCUT2D eigenvalue weighted by Gasteiger charge is 2.49. The van der Waals surface area contributed by atoms with Crippen molar-refractivity contribution in [3.63, 3.8) is 0 Å². The average molecular weight is 355 g/mol. The number of amides is 1. The van der Waals surface area contributed by atoms with Gasteiger partial charge in [-0.2, -0.15) is 13.2 Å². The van der Waals surface area contributed by atoms with Crippen LogP contribution in [0, 0.1) is 0 Å². The van der Waals surface area contributed by atoms with Crippen molar-refractivity contribution in [3.8, 4) is 0 Å². The highest BCUT2D eigenvalue weighted by Crippen LogP contribution is 2.44. The summed E-state index contributed by atoms with van der Waals surface area (Å²) >= 11 is 0. The molecule has 1 aromatic carbocycles. The van der Waals surface area contributed by atoms with Crippen molar-refractivity contribution in [2.75, 3.05) is 18.0 Å². The Labute approximate surface area is 145 Å². The molecule has 2 saturated heterocycles. The van der Waals surface area contributed by atoms with E-state index in [1.54, 1.807) is 12.1 Å². The fraction of sp³-hybridized carbons (Fsp3) is 0.611. The van der Waals surface area contributed by atoms with Gasteiger partial charge in [0.1, 0.15) is 0 Å². The van der Waals surface area contributed by atoms with E-state index in [0.29, 0.717) is 0 Å². The second kappa shape index (κ2) is 6.20. The van der Waals surface area contributed by atoms with Gasteiger partial charge in [0, 0.05) is 23.3 Å². The Morgan fingerprint density at radius 1 is 1.24 bits per heavy atom. The average Bonchev–Trinajstić information content (AvgIpc) is 2.77. The van der Waals surface area contributed by atoms with E-state index in [9.17, 15) is 18.0 Å². The fourth-order valence-corrected chi connectivity index (χ4v) is 4.48. The van der Waals surface area contributed by atoms with Crippen molar-refractivity contribution in [1.82, 2.24) is 4.90 Å². The topological polar surface area (TPSA) is 49.6 Å². The molecule has 2 aliphatic heterocycles. The van der Waals surface area contributed by atoms with Crippen LogP contribution in [0.4, 0.5) is 18.9 Å². The standard InChI is InChI=1S/C18H24F3N3O/c1-17(2)10-15-14(4-3-9-23(15)11-16(22)25)24(17)13-7-5-12(6-8-13)18(19,20)21/h5-8,14-15H,3-4,9-11H2,1-2H3,(H2,22,25)/t14-,15-/m0/s1. The lowest BCUT2D eigenvalue weighted by Gasteiger charge is -2.42. The monoisotopic (exact) mass is 355 g/mol. The number of nitrogens with two attached hydrogens (primary N) is 1. The van der Waals surface area contributed by atoms with Gasteiger partial charge in [-0.25, -0.2) is 0 Å². The van der Waals surface area contributed by atoms with E-state index in [1.807, 2.05) is 0 Å². The number of hydrogen-bond donors (Lipinski definition) is 1. The summed E-state index contributed by atoms with van der Waals surface area (Å²) in [4.78, 5) is 15.7. The van der Waals surface area contributed by atoms with Gasteiger partial charge in [0.05, 0.1) is 12.1 Å². The van der Waals surface area contributed by atoms with E-state index in [4.69, 9.17) is 5.73 Å². The van der Waals surface area contributed by atoms with Crippen LogP contribution in [0.15, 0.2) is 24.3 Å². The third-order valence-electron chi connectivity index (χ3n) is 5.38. The van der Waals surface area contributed by atoms with Crippen molar-refractivity contribution in [2.45, 2.75) is 56.9 Å². The van der Waals surface area contributed by atoms with E-state index < -0.39 is 11.7 Å². The maximum absolute atomic E-state index is 12.8. The first-order chi connectivity index (χ1) is 11.6. The zero-order valence-electron chi connectivity index (χ0n) is 14.5. The molecule has 1 amide bonds. The summed E-state index contributed by atoms with van der Waals surface area (Å²) in [6, 6.07) is 5.77. The number of nitrogens with zero attached hydrogens (tertiary/aromatic N) is 2. The zero-order valence-corrected chi connectivity index (χ0v) is 14.5. The van der Waals surface area contributed by atoms with Crippen molar-refractivity contribution in [2.24, 2.45) is 5.73 Å². The third kappa shape index (κ3) is 3.47. The van der Waals surface area contributed by atoms with E-state index in [0.717, 1.165) is 43.6 Å². The molecular formula is C18H24F3N3O. The molecule has 2 fully saturated rings. The predicted molar refractivity (Wildman–Crippen MR) is 90.2 cm³/mol.